The second-order valence-corrected chi connectivity index (χ2v) is 10.1. The van der Waals surface area contributed by atoms with Crippen LogP contribution in [0.15, 0.2) is 36.4 Å². The molecule has 1 N–H and O–H groups in total. The number of amides is 1. The Balaban J connectivity index is 1.31. The van der Waals surface area contributed by atoms with E-state index in [9.17, 15) is 14.4 Å². The van der Waals surface area contributed by atoms with Crippen molar-refractivity contribution in [1.82, 2.24) is 19.9 Å². The van der Waals surface area contributed by atoms with Crippen molar-refractivity contribution >= 4 is 17.5 Å². The van der Waals surface area contributed by atoms with E-state index < -0.39 is 0 Å². The standard InChI is InChI=1S/C30H35N5O7/c1-32-24(35(14-15-39-2)26-25(32)27(36)20-8-6-7-9-21(20)28(26)37)18-33-10-12-34(13-11-33)31-30(38)19-16-22(40-3)29(42-5)23(17-19)41-4/h6-9,16-17H,10-15,18H2,1-5H3/p+1. The summed E-state index contributed by atoms with van der Waals surface area (Å²) in [6.45, 7) is 3.87. The minimum absolute atomic E-state index is 0.153. The molecule has 1 saturated heterocycles. The predicted molar refractivity (Wildman–Crippen MR) is 151 cm³/mol. The van der Waals surface area contributed by atoms with E-state index in [0.717, 1.165) is 5.82 Å². The number of methoxy groups -OCH3 is 4. The molecular formula is C30H36N5O7+. The van der Waals surface area contributed by atoms with E-state index in [1.54, 1.807) is 43.5 Å². The van der Waals surface area contributed by atoms with E-state index in [0.29, 0.717) is 91.2 Å². The lowest BCUT2D eigenvalue weighted by atomic mass is 9.90. The smallest absolute Gasteiger partial charge is 0.271 e. The van der Waals surface area contributed by atoms with Crippen molar-refractivity contribution in [3.63, 3.8) is 0 Å². The van der Waals surface area contributed by atoms with E-state index in [-0.39, 0.29) is 17.5 Å². The number of imidazole rings is 1. The van der Waals surface area contributed by atoms with E-state index in [1.165, 1.54) is 21.3 Å². The molecule has 1 aromatic heterocycles. The fourth-order valence-corrected chi connectivity index (χ4v) is 5.60. The Morgan fingerprint density at radius 2 is 1.52 bits per heavy atom. The molecule has 42 heavy (non-hydrogen) atoms. The second kappa shape index (κ2) is 12.3. The molecule has 0 bridgehead atoms. The first-order valence-electron chi connectivity index (χ1n) is 13.7. The van der Waals surface area contributed by atoms with Crippen molar-refractivity contribution < 1.29 is 37.9 Å². The minimum atomic E-state index is -0.285. The number of hydrogen-bond acceptors (Lipinski definition) is 9. The predicted octanol–water partition coefficient (Wildman–Crippen LogP) is 1.22. The first-order chi connectivity index (χ1) is 20.3. The van der Waals surface area contributed by atoms with E-state index in [2.05, 4.69) is 10.3 Å². The fraction of sp³-hybridized carbons (Fsp3) is 0.400. The van der Waals surface area contributed by atoms with Crippen LogP contribution in [0.5, 0.6) is 17.2 Å². The van der Waals surface area contributed by atoms with Gasteiger partial charge >= 0.3 is 0 Å². The largest absolute Gasteiger partial charge is 0.493 e. The highest BCUT2D eigenvalue weighted by atomic mass is 16.5. The van der Waals surface area contributed by atoms with Gasteiger partial charge in [-0.1, -0.05) is 24.3 Å². The number of ketones is 2. The lowest BCUT2D eigenvalue weighted by Crippen LogP contribution is -2.54. The van der Waals surface area contributed by atoms with Crippen LogP contribution in [0.3, 0.4) is 0 Å². The van der Waals surface area contributed by atoms with Crippen LogP contribution in [0.4, 0.5) is 0 Å². The highest BCUT2D eigenvalue weighted by molar-refractivity contribution is 6.26. The Morgan fingerprint density at radius 3 is 2.10 bits per heavy atom. The summed E-state index contributed by atoms with van der Waals surface area (Å²) in [7, 11) is 7.97. The average Bonchev–Trinajstić information content (AvgIpc) is 3.29. The van der Waals surface area contributed by atoms with Crippen LogP contribution in [-0.2, 0) is 24.9 Å². The first-order valence-corrected chi connectivity index (χ1v) is 13.7. The summed E-state index contributed by atoms with van der Waals surface area (Å²) in [6, 6.07) is 10.2. The number of rotatable bonds is 10. The van der Waals surface area contributed by atoms with Crippen molar-refractivity contribution in [3.05, 3.63) is 70.3 Å². The highest BCUT2D eigenvalue weighted by Gasteiger charge is 2.43. The van der Waals surface area contributed by atoms with Gasteiger partial charge in [0.15, 0.2) is 11.5 Å². The van der Waals surface area contributed by atoms with Gasteiger partial charge in [-0.2, -0.15) is 0 Å². The average molecular weight is 579 g/mol. The summed E-state index contributed by atoms with van der Waals surface area (Å²) in [6.07, 6.45) is 0. The Morgan fingerprint density at radius 1 is 0.905 bits per heavy atom. The molecule has 0 atom stereocenters. The monoisotopic (exact) mass is 578 g/mol. The van der Waals surface area contributed by atoms with Crippen LogP contribution in [0.2, 0.25) is 0 Å². The molecule has 12 nitrogen and oxygen atoms in total. The Kier molecular flexibility index (Phi) is 8.57. The van der Waals surface area contributed by atoms with Gasteiger partial charge in [-0.3, -0.25) is 24.7 Å². The van der Waals surface area contributed by atoms with Gasteiger partial charge in [0, 0.05) is 50.0 Å². The van der Waals surface area contributed by atoms with E-state index in [4.69, 9.17) is 18.9 Å². The maximum atomic E-state index is 13.6. The third-order valence-corrected chi connectivity index (χ3v) is 7.82. The molecule has 3 aromatic rings. The van der Waals surface area contributed by atoms with Gasteiger partial charge in [0.1, 0.15) is 13.1 Å². The number of nitrogens with one attached hydrogen (secondary N) is 1. The fourth-order valence-electron chi connectivity index (χ4n) is 5.60. The molecule has 1 amide bonds. The van der Waals surface area contributed by atoms with Gasteiger partial charge in [0.2, 0.25) is 28.7 Å². The number of fused-ring (bicyclic) bond motifs is 2. The Labute approximate surface area is 244 Å². The number of carbonyl (C=O) groups excluding carboxylic acids is 3. The molecule has 12 heteroatoms. The number of hydrazine groups is 1. The summed E-state index contributed by atoms with van der Waals surface area (Å²) in [4.78, 5) is 42.4. The van der Waals surface area contributed by atoms with Crippen LogP contribution in [-0.4, -0.2) is 93.2 Å². The third kappa shape index (κ3) is 5.24. The second-order valence-electron chi connectivity index (χ2n) is 10.1. The number of carbonyl (C=O) groups is 3. The van der Waals surface area contributed by atoms with E-state index in [1.807, 2.05) is 21.2 Å². The van der Waals surface area contributed by atoms with Gasteiger partial charge in [0.05, 0.1) is 35.0 Å². The van der Waals surface area contributed by atoms with Crippen LogP contribution in [0, 0.1) is 0 Å². The lowest BCUT2D eigenvalue weighted by Gasteiger charge is -2.34. The molecule has 2 aromatic carbocycles. The number of hydrogen-bond donors (Lipinski definition) is 1. The molecule has 0 spiro atoms. The summed E-state index contributed by atoms with van der Waals surface area (Å²) < 4.78 is 25.2. The molecular weight excluding hydrogens is 542 g/mol. The zero-order chi connectivity index (χ0) is 30.0. The van der Waals surface area contributed by atoms with Crippen LogP contribution in [0.1, 0.15) is 48.3 Å². The molecule has 0 radical (unpaired) electrons. The number of nitrogens with zero attached hydrogens (tertiary/aromatic N) is 4. The highest BCUT2D eigenvalue weighted by Crippen LogP contribution is 2.38. The number of benzene rings is 2. The quantitative estimate of drug-likeness (QED) is 0.278. The topological polar surface area (TPSA) is 115 Å². The molecule has 5 rings (SSSR count). The van der Waals surface area contributed by atoms with Crippen LogP contribution >= 0.6 is 0 Å². The zero-order valence-corrected chi connectivity index (χ0v) is 24.6. The Bertz CT molecular complexity index is 1500. The lowest BCUT2D eigenvalue weighted by molar-refractivity contribution is -0.681. The van der Waals surface area contributed by atoms with Crippen molar-refractivity contribution in [2.75, 3.05) is 61.2 Å². The molecule has 0 unspecified atom stereocenters. The van der Waals surface area contributed by atoms with Gasteiger partial charge in [-0.05, 0) is 12.1 Å². The SMILES string of the molecule is COCCn1c2c([n+](C)c1CN1CCN(NC(=O)c3cc(OC)c(OC)c(OC)c3)CC1)C(=O)c1ccccc1C2=O. The van der Waals surface area contributed by atoms with Crippen molar-refractivity contribution in [2.45, 2.75) is 13.1 Å². The first kappa shape index (κ1) is 29.2. The normalized spacial score (nSPS) is 15.3. The van der Waals surface area contributed by atoms with Crippen LogP contribution in [0.25, 0.3) is 0 Å². The minimum Gasteiger partial charge on any atom is -0.493 e. The van der Waals surface area contributed by atoms with Gasteiger partial charge in [0.25, 0.3) is 11.7 Å². The van der Waals surface area contributed by atoms with Crippen molar-refractivity contribution in [1.29, 1.82) is 0 Å². The molecule has 1 fully saturated rings. The number of aromatic nitrogens is 2. The molecule has 2 aliphatic rings. The molecule has 2 heterocycles. The maximum Gasteiger partial charge on any atom is 0.271 e. The third-order valence-electron chi connectivity index (χ3n) is 7.82. The van der Waals surface area contributed by atoms with Crippen molar-refractivity contribution in [3.8, 4) is 17.2 Å². The number of ether oxygens (including phenoxy) is 4. The summed E-state index contributed by atoms with van der Waals surface area (Å²) in [5.41, 5.74) is 5.02. The van der Waals surface area contributed by atoms with Gasteiger partial charge in [-0.25, -0.2) is 14.1 Å². The summed E-state index contributed by atoms with van der Waals surface area (Å²) >= 11 is 0. The summed E-state index contributed by atoms with van der Waals surface area (Å²) in [5.74, 6) is 1.48. The van der Waals surface area contributed by atoms with Gasteiger partial charge < -0.3 is 18.9 Å². The molecule has 1 aliphatic heterocycles. The molecule has 222 valence electrons. The molecule has 1 aliphatic carbocycles. The molecule has 0 saturated carbocycles. The van der Waals surface area contributed by atoms with E-state index >= 15 is 0 Å². The Hall–Kier alpha value is -4.26. The van der Waals surface area contributed by atoms with Crippen molar-refractivity contribution in [2.24, 2.45) is 7.05 Å². The maximum absolute atomic E-state index is 13.6. The zero-order valence-electron chi connectivity index (χ0n) is 24.6. The summed E-state index contributed by atoms with van der Waals surface area (Å²) in [5, 5.41) is 1.88. The number of piperazine rings is 1. The van der Waals surface area contributed by atoms with Gasteiger partial charge in [-0.15, -0.1) is 0 Å². The van der Waals surface area contributed by atoms with Crippen LogP contribution < -0.4 is 24.2 Å².